The normalized spacial score (nSPS) is 22.1. The highest BCUT2D eigenvalue weighted by Gasteiger charge is 2.38. The molecule has 0 spiro atoms. The van der Waals surface area contributed by atoms with E-state index < -0.39 is 30.1 Å². The van der Waals surface area contributed by atoms with Gasteiger partial charge in [0, 0.05) is 6.20 Å². The van der Waals surface area contributed by atoms with E-state index in [9.17, 15) is 14.4 Å². The molecule has 3 N–H and O–H groups in total. The van der Waals surface area contributed by atoms with Crippen molar-refractivity contribution in [1.29, 1.82) is 0 Å². The van der Waals surface area contributed by atoms with Crippen LogP contribution < -0.4 is 20.7 Å². The summed E-state index contributed by atoms with van der Waals surface area (Å²) in [6, 6.07) is 5.21. The fourth-order valence-corrected chi connectivity index (χ4v) is 4.04. The van der Waals surface area contributed by atoms with E-state index in [4.69, 9.17) is 4.74 Å². The predicted molar refractivity (Wildman–Crippen MR) is 139 cm³/mol. The smallest absolute Gasteiger partial charge is 0.247 e. The Bertz CT molecular complexity index is 893. The van der Waals surface area contributed by atoms with Crippen molar-refractivity contribution in [2.75, 3.05) is 14.1 Å². The second-order valence-corrected chi connectivity index (χ2v) is 10.6. The van der Waals surface area contributed by atoms with E-state index in [-0.39, 0.29) is 23.7 Å². The summed E-state index contributed by atoms with van der Waals surface area (Å²) in [6.45, 7) is 11.7. The molecule has 2 aliphatic rings. The van der Waals surface area contributed by atoms with Crippen LogP contribution in [0, 0.1) is 17.8 Å². The van der Waals surface area contributed by atoms with E-state index in [1.165, 1.54) is 0 Å². The van der Waals surface area contributed by atoms with Crippen molar-refractivity contribution in [2.24, 2.45) is 17.8 Å². The largest absolute Gasteiger partial charge is 0.487 e. The van der Waals surface area contributed by atoms with E-state index in [2.05, 4.69) is 29.8 Å². The number of benzene rings is 1. The van der Waals surface area contributed by atoms with Gasteiger partial charge in [-0.1, -0.05) is 53.7 Å². The number of nitrogens with one attached hydrogen (secondary N) is 3. The quantitative estimate of drug-likeness (QED) is 0.550. The highest BCUT2D eigenvalue weighted by atomic mass is 16.5. The van der Waals surface area contributed by atoms with Gasteiger partial charge in [-0.25, -0.2) is 0 Å². The summed E-state index contributed by atoms with van der Waals surface area (Å²) < 4.78 is 6.29. The molecule has 0 saturated carbocycles. The molecule has 3 amide bonds. The molecule has 0 aromatic heterocycles. The third-order valence-electron chi connectivity index (χ3n) is 6.09. The summed E-state index contributed by atoms with van der Waals surface area (Å²) in [6.07, 6.45) is 3.34. The number of hydrogen-bond donors (Lipinski definition) is 3. The molecule has 0 radical (unpaired) electrons. The van der Waals surface area contributed by atoms with Gasteiger partial charge in [-0.2, -0.15) is 0 Å². The Balaban J connectivity index is 2.50. The van der Waals surface area contributed by atoms with Crippen LogP contribution in [-0.4, -0.2) is 60.9 Å². The van der Waals surface area contributed by atoms with Gasteiger partial charge in [0.15, 0.2) is 0 Å². The molecular formula is C27H42N4O4. The Morgan fingerprint density at radius 3 is 2.14 bits per heavy atom. The topological polar surface area (TPSA) is 99.8 Å². The molecule has 2 bridgehead atoms. The molecule has 0 aliphatic carbocycles. The molecule has 8 nitrogen and oxygen atoms in total. The first-order valence-electron chi connectivity index (χ1n) is 12.4. The fourth-order valence-electron chi connectivity index (χ4n) is 4.04. The summed E-state index contributed by atoms with van der Waals surface area (Å²) in [7, 11) is 3.70. The van der Waals surface area contributed by atoms with Gasteiger partial charge in [-0.15, -0.1) is 0 Å². The van der Waals surface area contributed by atoms with Gasteiger partial charge in [0.25, 0.3) is 0 Å². The number of rotatable bonds is 7. The van der Waals surface area contributed by atoms with E-state index in [1.807, 2.05) is 71.0 Å². The number of fused-ring (bicyclic) bond motifs is 10. The summed E-state index contributed by atoms with van der Waals surface area (Å²) >= 11 is 0. The van der Waals surface area contributed by atoms with Crippen LogP contribution in [0.25, 0.3) is 6.08 Å². The molecule has 4 unspecified atom stereocenters. The highest BCUT2D eigenvalue weighted by Crippen LogP contribution is 2.21. The molecular weight excluding hydrogens is 444 g/mol. The van der Waals surface area contributed by atoms with Crippen molar-refractivity contribution >= 4 is 23.8 Å². The van der Waals surface area contributed by atoms with Gasteiger partial charge in [-0.05, 0) is 62.0 Å². The van der Waals surface area contributed by atoms with Crippen LogP contribution in [-0.2, 0) is 14.4 Å². The molecule has 1 aromatic carbocycles. The number of ether oxygens (including phenoxy) is 1. The van der Waals surface area contributed by atoms with Gasteiger partial charge in [0.2, 0.25) is 17.7 Å². The average Bonchev–Trinajstić information content (AvgIpc) is 2.77. The number of hydrogen-bond acceptors (Lipinski definition) is 5. The van der Waals surface area contributed by atoms with Crippen molar-refractivity contribution in [3.8, 4) is 5.75 Å². The maximum absolute atomic E-state index is 13.6. The standard InChI is InChI=1S/C27H42N4O4/c1-16(2)15-21(31(7)8)25(32)30-23-24(18(5)6)35-20-11-9-19(10-12-20)13-14-28-26(33)22(17(3)4)29-27(23)34/h9-14,16-18,21-24H,15H2,1-8H3,(H,28,33)(H,29,34)(H,30,32). The summed E-state index contributed by atoms with van der Waals surface area (Å²) in [5.41, 5.74) is 0.897. The van der Waals surface area contributed by atoms with Crippen LogP contribution in [0.4, 0.5) is 0 Å². The number of nitrogens with zero attached hydrogens (tertiary/aromatic N) is 1. The minimum Gasteiger partial charge on any atom is -0.487 e. The zero-order valence-corrected chi connectivity index (χ0v) is 22.3. The second kappa shape index (κ2) is 12.7. The second-order valence-electron chi connectivity index (χ2n) is 10.6. The van der Waals surface area contributed by atoms with Crippen molar-refractivity contribution < 1.29 is 19.1 Å². The molecule has 2 heterocycles. The Labute approximate surface area is 209 Å². The Kier molecular flexibility index (Phi) is 10.3. The summed E-state index contributed by atoms with van der Waals surface area (Å²) in [5.74, 6) is -0.397. The Morgan fingerprint density at radius 2 is 1.63 bits per heavy atom. The van der Waals surface area contributed by atoms with Crippen molar-refractivity contribution in [3.63, 3.8) is 0 Å². The number of carbonyl (C=O) groups excluding carboxylic acids is 3. The molecule has 8 heteroatoms. The summed E-state index contributed by atoms with van der Waals surface area (Å²) in [5, 5.41) is 8.60. The molecule has 4 atom stereocenters. The number of carbonyl (C=O) groups is 3. The van der Waals surface area contributed by atoms with Crippen LogP contribution in [0.3, 0.4) is 0 Å². The van der Waals surface area contributed by atoms with Crippen molar-refractivity contribution in [2.45, 2.75) is 72.2 Å². The maximum atomic E-state index is 13.6. The molecule has 2 aliphatic heterocycles. The van der Waals surface area contributed by atoms with Crippen molar-refractivity contribution in [3.05, 3.63) is 36.0 Å². The van der Waals surface area contributed by atoms with Crippen LogP contribution >= 0.6 is 0 Å². The first kappa shape index (κ1) is 28.4. The monoisotopic (exact) mass is 486 g/mol. The lowest BCUT2D eigenvalue weighted by atomic mass is 9.95. The molecule has 0 fully saturated rings. The SMILES string of the molecule is CC(C)CC(C(=O)NC1C(=O)NC(C(C)C)C(=O)NC=Cc2ccc(cc2)OC1C(C)C)N(C)C. The zero-order valence-electron chi connectivity index (χ0n) is 22.3. The number of likely N-dealkylation sites (N-methyl/N-ethyl adjacent to an activating group) is 1. The summed E-state index contributed by atoms with van der Waals surface area (Å²) in [4.78, 5) is 41.8. The first-order chi connectivity index (χ1) is 16.4. The van der Waals surface area contributed by atoms with Crippen LogP contribution in [0.2, 0.25) is 0 Å². The maximum Gasteiger partial charge on any atom is 0.247 e. The lowest BCUT2D eigenvalue weighted by molar-refractivity contribution is -0.136. The fraction of sp³-hybridized carbons (Fsp3) is 0.593. The third kappa shape index (κ3) is 8.09. The lowest BCUT2D eigenvalue weighted by Gasteiger charge is -2.34. The minimum absolute atomic E-state index is 0.104. The van der Waals surface area contributed by atoms with E-state index in [0.717, 1.165) is 5.56 Å². The van der Waals surface area contributed by atoms with Gasteiger partial charge >= 0.3 is 0 Å². The van der Waals surface area contributed by atoms with Crippen LogP contribution in [0.15, 0.2) is 30.5 Å². The Morgan fingerprint density at radius 1 is 1.00 bits per heavy atom. The molecule has 3 rings (SSSR count). The average molecular weight is 487 g/mol. The third-order valence-corrected chi connectivity index (χ3v) is 6.09. The molecule has 1 aromatic rings. The lowest BCUT2D eigenvalue weighted by Crippen LogP contribution is -2.62. The molecule has 35 heavy (non-hydrogen) atoms. The van der Waals surface area contributed by atoms with Gasteiger partial charge in [0.05, 0.1) is 6.04 Å². The Hall–Kier alpha value is -2.87. The van der Waals surface area contributed by atoms with Crippen LogP contribution in [0.5, 0.6) is 5.75 Å². The van der Waals surface area contributed by atoms with E-state index in [0.29, 0.717) is 18.1 Å². The molecule has 0 saturated heterocycles. The predicted octanol–water partition coefficient (Wildman–Crippen LogP) is 2.79. The van der Waals surface area contributed by atoms with Gasteiger partial charge in [-0.3, -0.25) is 19.3 Å². The van der Waals surface area contributed by atoms with E-state index >= 15 is 0 Å². The van der Waals surface area contributed by atoms with Gasteiger partial charge < -0.3 is 20.7 Å². The first-order valence-corrected chi connectivity index (χ1v) is 12.4. The van der Waals surface area contributed by atoms with Gasteiger partial charge in [0.1, 0.15) is 23.9 Å². The highest BCUT2D eigenvalue weighted by molar-refractivity contribution is 5.94. The zero-order chi connectivity index (χ0) is 26.3. The van der Waals surface area contributed by atoms with Crippen LogP contribution in [0.1, 0.15) is 53.5 Å². The van der Waals surface area contributed by atoms with Crippen molar-refractivity contribution in [1.82, 2.24) is 20.9 Å². The molecule has 194 valence electrons. The minimum atomic E-state index is -0.996. The number of amides is 3. The van der Waals surface area contributed by atoms with E-state index in [1.54, 1.807) is 12.3 Å².